The minimum atomic E-state index is -0.372. The molecule has 16 heavy (non-hydrogen) atoms. The van der Waals surface area contributed by atoms with Crippen LogP contribution < -0.4 is 5.73 Å². The van der Waals surface area contributed by atoms with E-state index in [1.165, 1.54) is 16.9 Å². The van der Waals surface area contributed by atoms with Gasteiger partial charge in [-0.2, -0.15) is 0 Å². The molecular formula is C12H14N2OS. The lowest BCUT2D eigenvalue weighted by Crippen LogP contribution is -2.13. The van der Waals surface area contributed by atoms with Crippen molar-refractivity contribution in [2.75, 3.05) is 6.61 Å². The highest BCUT2D eigenvalue weighted by atomic mass is 32.1. The molecular weight excluding hydrogens is 220 g/mol. The molecule has 0 fully saturated rings. The summed E-state index contributed by atoms with van der Waals surface area (Å²) in [6, 6.07) is 7.80. The van der Waals surface area contributed by atoms with Crippen LogP contribution >= 0.6 is 11.3 Å². The van der Waals surface area contributed by atoms with Crippen molar-refractivity contribution < 1.29 is 5.11 Å². The molecule has 1 aromatic carbocycles. The summed E-state index contributed by atoms with van der Waals surface area (Å²) in [4.78, 5) is 4.43. The second kappa shape index (κ2) is 4.74. The van der Waals surface area contributed by atoms with E-state index in [0.717, 1.165) is 16.3 Å². The summed E-state index contributed by atoms with van der Waals surface area (Å²) >= 11 is 1.49. The van der Waals surface area contributed by atoms with Crippen LogP contribution in [0, 0.1) is 6.92 Å². The van der Waals surface area contributed by atoms with E-state index in [0.29, 0.717) is 0 Å². The number of hydrogen-bond donors (Lipinski definition) is 2. The average Bonchev–Trinajstić information content (AvgIpc) is 2.77. The molecule has 1 aromatic heterocycles. The number of thiazole rings is 1. The van der Waals surface area contributed by atoms with Gasteiger partial charge in [0.05, 0.1) is 18.3 Å². The maximum atomic E-state index is 8.95. The molecule has 0 radical (unpaired) electrons. The van der Waals surface area contributed by atoms with Crippen LogP contribution in [0.2, 0.25) is 0 Å². The zero-order chi connectivity index (χ0) is 11.5. The number of rotatable bonds is 3. The summed E-state index contributed by atoms with van der Waals surface area (Å²) in [5.41, 5.74) is 8.93. The van der Waals surface area contributed by atoms with Gasteiger partial charge in [0.2, 0.25) is 0 Å². The van der Waals surface area contributed by atoms with Crippen LogP contribution in [0.25, 0.3) is 11.3 Å². The number of aromatic nitrogens is 1. The first kappa shape index (κ1) is 11.3. The molecule has 1 heterocycles. The Morgan fingerprint density at radius 1 is 1.50 bits per heavy atom. The molecule has 3 nitrogen and oxygen atoms in total. The van der Waals surface area contributed by atoms with Gasteiger partial charge < -0.3 is 10.8 Å². The molecule has 0 saturated carbocycles. The van der Waals surface area contributed by atoms with Crippen molar-refractivity contribution in [2.45, 2.75) is 13.0 Å². The van der Waals surface area contributed by atoms with Crippen molar-refractivity contribution in [2.24, 2.45) is 5.73 Å². The smallest absolute Gasteiger partial charge is 0.112 e. The highest BCUT2D eigenvalue weighted by Crippen LogP contribution is 2.24. The van der Waals surface area contributed by atoms with Crippen LogP contribution in [0.15, 0.2) is 29.6 Å². The van der Waals surface area contributed by atoms with Crippen molar-refractivity contribution >= 4 is 11.3 Å². The molecule has 1 atom stereocenters. The third-order valence-electron chi connectivity index (χ3n) is 2.35. The fourth-order valence-corrected chi connectivity index (χ4v) is 2.29. The second-order valence-electron chi connectivity index (χ2n) is 3.73. The normalized spacial score (nSPS) is 12.7. The number of hydrogen-bond acceptors (Lipinski definition) is 4. The van der Waals surface area contributed by atoms with E-state index in [9.17, 15) is 0 Å². The topological polar surface area (TPSA) is 59.1 Å². The van der Waals surface area contributed by atoms with E-state index >= 15 is 0 Å². The van der Waals surface area contributed by atoms with Gasteiger partial charge in [-0.1, -0.05) is 23.8 Å². The van der Waals surface area contributed by atoms with Gasteiger partial charge in [0.1, 0.15) is 5.01 Å². The maximum Gasteiger partial charge on any atom is 0.112 e. The molecule has 0 spiro atoms. The SMILES string of the molecule is Cc1cccc(-c2csc(C(N)CO)n2)c1. The van der Waals surface area contributed by atoms with Gasteiger partial charge in [-0.15, -0.1) is 11.3 Å². The highest BCUT2D eigenvalue weighted by Gasteiger charge is 2.10. The lowest BCUT2D eigenvalue weighted by atomic mass is 10.1. The zero-order valence-electron chi connectivity index (χ0n) is 9.05. The predicted molar refractivity (Wildman–Crippen MR) is 66.3 cm³/mol. The lowest BCUT2D eigenvalue weighted by Gasteiger charge is -2.02. The van der Waals surface area contributed by atoms with Gasteiger partial charge in [-0.05, 0) is 13.0 Å². The minimum Gasteiger partial charge on any atom is -0.394 e. The molecule has 0 aliphatic rings. The summed E-state index contributed by atoms with van der Waals surface area (Å²) in [5, 5.41) is 11.7. The molecule has 3 N–H and O–H groups in total. The first-order chi connectivity index (χ1) is 7.70. The largest absolute Gasteiger partial charge is 0.394 e. The van der Waals surface area contributed by atoms with Crippen LogP contribution in [0.3, 0.4) is 0 Å². The third-order valence-corrected chi connectivity index (χ3v) is 3.33. The molecule has 0 bridgehead atoms. The molecule has 2 rings (SSSR count). The third kappa shape index (κ3) is 2.29. The minimum absolute atomic E-state index is 0.0687. The van der Waals surface area contributed by atoms with Crippen LogP contribution in [-0.2, 0) is 0 Å². The van der Waals surface area contributed by atoms with Gasteiger partial charge in [0.25, 0.3) is 0 Å². The van der Waals surface area contributed by atoms with Crippen LogP contribution in [0.5, 0.6) is 0 Å². The number of aliphatic hydroxyl groups is 1. The Morgan fingerprint density at radius 3 is 3.00 bits per heavy atom. The Bertz CT molecular complexity index is 481. The van der Waals surface area contributed by atoms with Crippen LogP contribution in [0.1, 0.15) is 16.6 Å². The maximum absolute atomic E-state index is 8.95. The Balaban J connectivity index is 2.31. The Kier molecular flexibility index (Phi) is 3.33. The number of nitrogens with two attached hydrogens (primary N) is 1. The Labute approximate surface area is 98.6 Å². The standard InChI is InChI=1S/C12H14N2OS/c1-8-3-2-4-9(5-8)11-7-16-12(14-11)10(13)6-15/h2-5,7,10,15H,6,13H2,1H3. The molecule has 0 aliphatic carbocycles. The van der Waals surface area contributed by atoms with E-state index in [1.54, 1.807) is 0 Å². The summed E-state index contributed by atoms with van der Waals surface area (Å²) in [6.07, 6.45) is 0. The summed E-state index contributed by atoms with van der Waals surface area (Å²) in [6.45, 7) is 1.98. The molecule has 1 unspecified atom stereocenters. The Hall–Kier alpha value is -1.23. The van der Waals surface area contributed by atoms with Gasteiger partial charge in [0.15, 0.2) is 0 Å². The van der Waals surface area contributed by atoms with Crippen molar-refractivity contribution in [3.8, 4) is 11.3 Å². The molecule has 2 aromatic rings. The molecule has 84 valence electrons. The van der Waals surface area contributed by atoms with Crippen LogP contribution in [0.4, 0.5) is 0 Å². The van der Waals surface area contributed by atoms with Gasteiger partial charge in [0, 0.05) is 10.9 Å². The lowest BCUT2D eigenvalue weighted by molar-refractivity contribution is 0.268. The van der Waals surface area contributed by atoms with E-state index < -0.39 is 0 Å². The van der Waals surface area contributed by atoms with E-state index in [2.05, 4.69) is 24.0 Å². The monoisotopic (exact) mass is 234 g/mol. The van der Waals surface area contributed by atoms with Gasteiger partial charge in [-0.25, -0.2) is 4.98 Å². The molecule has 0 amide bonds. The first-order valence-electron chi connectivity index (χ1n) is 5.09. The zero-order valence-corrected chi connectivity index (χ0v) is 9.87. The van der Waals surface area contributed by atoms with Crippen molar-refractivity contribution in [3.05, 3.63) is 40.2 Å². The van der Waals surface area contributed by atoms with Gasteiger partial charge >= 0.3 is 0 Å². The molecule has 0 saturated heterocycles. The summed E-state index contributed by atoms with van der Waals surface area (Å²) in [7, 11) is 0. The number of benzene rings is 1. The fraction of sp³-hybridized carbons (Fsp3) is 0.250. The summed E-state index contributed by atoms with van der Waals surface area (Å²) in [5.74, 6) is 0. The highest BCUT2D eigenvalue weighted by molar-refractivity contribution is 7.10. The predicted octanol–water partition coefficient (Wildman–Crippen LogP) is 2.11. The van der Waals surface area contributed by atoms with Crippen molar-refractivity contribution in [1.29, 1.82) is 0 Å². The van der Waals surface area contributed by atoms with E-state index in [4.69, 9.17) is 10.8 Å². The quantitative estimate of drug-likeness (QED) is 0.855. The average molecular weight is 234 g/mol. The van der Waals surface area contributed by atoms with Crippen molar-refractivity contribution in [1.82, 2.24) is 4.98 Å². The van der Waals surface area contributed by atoms with Crippen LogP contribution in [-0.4, -0.2) is 16.7 Å². The number of aryl methyl sites for hydroxylation is 1. The first-order valence-corrected chi connectivity index (χ1v) is 5.97. The molecule has 0 aliphatic heterocycles. The summed E-state index contributed by atoms with van der Waals surface area (Å²) < 4.78 is 0. The van der Waals surface area contributed by atoms with Gasteiger partial charge in [-0.3, -0.25) is 0 Å². The Morgan fingerprint density at radius 2 is 2.31 bits per heavy atom. The number of nitrogens with zero attached hydrogens (tertiary/aromatic N) is 1. The number of aliphatic hydroxyl groups excluding tert-OH is 1. The molecule has 4 heteroatoms. The fourth-order valence-electron chi connectivity index (χ4n) is 1.47. The van der Waals surface area contributed by atoms with Crippen molar-refractivity contribution in [3.63, 3.8) is 0 Å². The van der Waals surface area contributed by atoms with E-state index in [1.807, 2.05) is 17.5 Å². The van der Waals surface area contributed by atoms with E-state index in [-0.39, 0.29) is 12.6 Å². The second-order valence-corrected chi connectivity index (χ2v) is 4.62.